The van der Waals surface area contributed by atoms with Gasteiger partial charge in [0, 0.05) is 15.6 Å². The van der Waals surface area contributed by atoms with E-state index >= 15 is 0 Å². The Bertz CT molecular complexity index is 630. The average molecular weight is 323 g/mol. The van der Waals surface area contributed by atoms with Crippen molar-refractivity contribution in [2.24, 2.45) is 0 Å². The van der Waals surface area contributed by atoms with Crippen molar-refractivity contribution in [1.82, 2.24) is 0 Å². The maximum atomic E-state index is 13.4. The maximum absolute atomic E-state index is 13.4. The van der Waals surface area contributed by atoms with Crippen LogP contribution in [0.5, 0.6) is 0 Å². The van der Waals surface area contributed by atoms with Gasteiger partial charge in [0.05, 0.1) is 0 Å². The van der Waals surface area contributed by atoms with Crippen LogP contribution in [-0.4, -0.2) is 5.78 Å². The van der Waals surface area contributed by atoms with Crippen molar-refractivity contribution in [1.29, 1.82) is 0 Å². The standard InChI is InChI=1S/C15H9BrF2O/c16-12-5-2-1-4-10(12)15(19)9-8-11-13(17)6-3-7-14(11)18/h1-9H/b9-8+. The molecule has 0 aliphatic rings. The minimum atomic E-state index is -0.698. The number of rotatable bonds is 3. The van der Waals surface area contributed by atoms with Gasteiger partial charge in [-0.25, -0.2) is 8.78 Å². The molecule has 0 heterocycles. The number of ketones is 1. The van der Waals surface area contributed by atoms with Crippen LogP contribution in [-0.2, 0) is 0 Å². The zero-order valence-electron chi connectivity index (χ0n) is 9.74. The lowest BCUT2D eigenvalue weighted by atomic mass is 10.1. The number of allylic oxidation sites excluding steroid dienone is 1. The number of halogens is 3. The van der Waals surface area contributed by atoms with E-state index in [2.05, 4.69) is 15.9 Å². The fraction of sp³-hybridized carbons (Fsp3) is 0. The molecule has 0 radical (unpaired) electrons. The quantitative estimate of drug-likeness (QED) is 0.595. The van der Waals surface area contributed by atoms with Crippen molar-refractivity contribution in [2.45, 2.75) is 0 Å². The van der Waals surface area contributed by atoms with Crippen molar-refractivity contribution in [2.75, 3.05) is 0 Å². The third-order valence-corrected chi connectivity index (χ3v) is 3.23. The van der Waals surface area contributed by atoms with Crippen LogP contribution in [0, 0.1) is 11.6 Å². The van der Waals surface area contributed by atoms with Crippen LogP contribution in [0.25, 0.3) is 6.08 Å². The molecule has 0 aliphatic heterocycles. The van der Waals surface area contributed by atoms with Gasteiger partial charge in [0.15, 0.2) is 5.78 Å². The highest BCUT2D eigenvalue weighted by Crippen LogP contribution is 2.18. The van der Waals surface area contributed by atoms with E-state index in [0.717, 1.165) is 24.3 Å². The lowest BCUT2D eigenvalue weighted by Gasteiger charge is -2.00. The minimum absolute atomic E-state index is 0.220. The topological polar surface area (TPSA) is 17.1 Å². The van der Waals surface area contributed by atoms with Gasteiger partial charge in [-0.2, -0.15) is 0 Å². The zero-order valence-corrected chi connectivity index (χ0v) is 11.3. The Kier molecular flexibility index (Phi) is 4.22. The highest BCUT2D eigenvalue weighted by atomic mass is 79.9. The first-order valence-electron chi connectivity index (χ1n) is 5.50. The number of hydrogen-bond acceptors (Lipinski definition) is 1. The molecule has 0 saturated heterocycles. The van der Waals surface area contributed by atoms with E-state index in [1.165, 1.54) is 6.07 Å². The first-order valence-corrected chi connectivity index (χ1v) is 6.30. The first-order chi connectivity index (χ1) is 9.09. The maximum Gasteiger partial charge on any atom is 0.186 e. The van der Waals surface area contributed by atoms with Gasteiger partial charge >= 0.3 is 0 Å². The van der Waals surface area contributed by atoms with Crippen LogP contribution in [0.2, 0.25) is 0 Å². The van der Waals surface area contributed by atoms with Crippen LogP contribution in [0.1, 0.15) is 15.9 Å². The molecule has 0 N–H and O–H groups in total. The number of carbonyl (C=O) groups excluding carboxylic acids is 1. The zero-order chi connectivity index (χ0) is 13.8. The molecule has 0 amide bonds. The molecule has 0 spiro atoms. The van der Waals surface area contributed by atoms with Crippen LogP contribution < -0.4 is 0 Å². The fourth-order valence-corrected chi connectivity index (χ4v) is 2.06. The highest BCUT2D eigenvalue weighted by molar-refractivity contribution is 9.10. The third kappa shape index (κ3) is 3.15. The molecule has 0 fully saturated rings. The van der Waals surface area contributed by atoms with E-state index in [1.807, 2.05) is 0 Å². The second kappa shape index (κ2) is 5.89. The third-order valence-electron chi connectivity index (χ3n) is 2.54. The van der Waals surface area contributed by atoms with E-state index in [0.29, 0.717) is 10.0 Å². The molecule has 0 unspecified atom stereocenters. The number of carbonyl (C=O) groups is 1. The monoisotopic (exact) mass is 322 g/mol. The van der Waals surface area contributed by atoms with E-state index in [9.17, 15) is 13.6 Å². The molecule has 96 valence electrons. The molecule has 0 aliphatic carbocycles. The molecule has 2 rings (SSSR count). The van der Waals surface area contributed by atoms with Gasteiger partial charge in [-0.3, -0.25) is 4.79 Å². The summed E-state index contributed by atoms with van der Waals surface area (Å²) in [7, 11) is 0. The van der Waals surface area contributed by atoms with Crippen molar-refractivity contribution in [3.8, 4) is 0 Å². The summed E-state index contributed by atoms with van der Waals surface area (Å²) in [5.74, 6) is -1.72. The Morgan fingerprint density at radius 3 is 2.26 bits per heavy atom. The van der Waals surface area contributed by atoms with Crippen molar-refractivity contribution >= 4 is 27.8 Å². The average Bonchev–Trinajstić information content (AvgIpc) is 2.38. The molecule has 0 saturated carbocycles. The van der Waals surface area contributed by atoms with Gasteiger partial charge in [0.1, 0.15) is 11.6 Å². The summed E-state index contributed by atoms with van der Waals surface area (Å²) in [6.07, 6.45) is 2.30. The summed E-state index contributed by atoms with van der Waals surface area (Å²) in [4.78, 5) is 11.9. The predicted octanol–water partition coefficient (Wildman–Crippen LogP) is 4.62. The normalized spacial score (nSPS) is 10.9. The molecule has 0 aromatic heterocycles. The number of benzene rings is 2. The van der Waals surface area contributed by atoms with Crippen molar-refractivity contribution < 1.29 is 13.6 Å². The van der Waals surface area contributed by atoms with Crippen molar-refractivity contribution in [3.63, 3.8) is 0 Å². The summed E-state index contributed by atoms with van der Waals surface area (Å²) in [6.45, 7) is 0. The predicted molar refractivity (Wildman–Crippen MR) is 73.9 cm³/mol. The fourth-order valence-electron chi connectivity index (χ4n) is 1.58. The Hall–Kier alpha value is -1.81. The molecule has 2 aromatic carbocycles. The Labute approximate surface area is 117 Å². The van der Waals surface area contributed by atoms with Gasteiger partial charge in [0.25, 0.3) is 0 Å². The van der Waals surface area contributed by atoms with Crippen LogP contribution >= 0.6 is 15.9 Å². The van der Waals surface area contributed by atoms with Crippen molar-refractivity contribution in [3.05, 3.63) is 75.8 Å². The molecule has 1 nitrogen and oxygen atoms in total. The van der Waals surface area contributed by atoms with E-state index in [1.54, 1.807) is 24.3 Å². The summed E-state index contributed by atoms with van der Waals surface area (Å²) >= 11 is 3.25. The van der Waals surface area contributed by atoms with E-state index in [-0.39, 0.29) is 11.3 Å². The van der Waals surface area contributed by atoms with Gasteiger partial charge in [-0.15, -0.1) is 0 Å². The molecule has 19 heavy (non-hydrogen) atoms. The Morgan fingerprint density at radius 1 is 1.00 bits per heavy atom. The lowest BCUT2D eigenvalue weighted by Crippen LogP contribution is -1.96. The van der Waals surface area contributed by atoms with Gasteiger partial charge in [-0.1, -0.05) is 34.1 Å². The molecule has 0 atom stereocenters. The minimum Gasteiger partial charge on any atom is -0.289 e. The largest absolute Gasteiger partial charge is 0.289 e. The highest BCUT2D eigenvalue weighted by Gasteiger charge is 2.08. The molecular weight excluding hydrogens is 314 g/mol. The van der Waals surface area contributed by atoms with Gasteiger partial charge in [-0.05, 0) is 36.4 Å². The van der Waals surface area contributed by atoms with Gasteiger partial charge < -0.3 is 0 Å². The molecule has 2 aromatic rings. The van der Waals surface area contributed by atoms with E-state index < -0.39 is 11.6 Å². The first kappa shape index (κ1) is 13.6. The smallest absolute Gasteiger partial charge is 0.186 e. The SMILES string of the molecule is O=C(/C=C/c1c(F)cccc1F)c1ccccc1Br. The Morgan fingerprint density at radius 2 is 1.63 bits per heavy atom. The van der Waals surface area contributed by atoms with Crippen LogP contribution in [0.3, 0.4) is 0 Å². The van der Waals surface area contributed by atoms with E-state index in [4.69, 9.17) is 0 Å². The summed E-state index contributed by atoms with van der Waals surface area (Å²) in [5, 5.41) is 0. The summed E-state index contributed by atoms with van der Waals surface area (Å²) in [6, 6.07) is 10.4. The lowest BCUT2D eigenvalue weighted by molar-refractivity contribution is 0.104. The van der Waals surface area contributed by atoms with Crippen LogP contribution in [0.4, 0.5) is 8.78 Å². The molecule has 0 bridgehead atoms. The van der Waals surface area contributed by atoms with Gasteiger partial charge in [0.2, 0.25) is 0 Å². The summed E-state index contributed by atoms with van der Waals surface area (Å²) in [5.41, 5.74) is 0.221. The molecule has 4 heteroatoms. The number of hydrogen-bond donors (Lipinski definition) is 0. The summed E-state index contributed by atoms with van der Waals surface area (Å²) < 4.78 is 27.4. The Balaban J connectivity index is 2.29. The van der Waals surface area contributed by atoms with Crippen LogP contribution in [0.15, 0.2) is 53.0 Å². The second-order valence-electron chi connectivity index (χ2n) is 3.81. The second-order valence-corrected chi connectivity index (χ2v) is 4.67. The molecular formula is C15H9BrF2O.